The van der Waals surface area contributed by atoms with Crippen LogP contribution in [0.25, 0.3) is 0 Å². The van der Waals surface area contributed by atoms with Crippen molar-refractivity contribution in [2.45, 2.75) is 250 Å². The second-order valence-electron chi connectivity index (χ2n) is 23.7. The number of carbonyl (C=O) groups is 6. The lowest BCUT2D eigenvalue weighted by Crippen LogP contribution is -2.42. The van der Waals surface area contributed by atoms with Crippen molar-refractivity contribution in [2.24, 2.45) is 47.3 Å². The fourth-order valence-corrected chi connectivity index (χ4v) is 9.32. The third kappa shape index (κ3) is 55.3. The molecule has 8 N–H and O–H groups in total. The predicted molar refractivity (Wildman–Crippen MR) is 420 cm³/mol. The van der Waals surface area contributed by atoms with Gasteiger partial charge in [-0.3, -0.25) is 38.8 Å². The van der Waals surface area contributed by atoms with Gasteiger partial charge in [0.05, 0.1) is 12.5 Å². The molecule has 0 fully saturated rings. The number of carboxylic acid groups (broad SMARTS) is 1. The van der Waals surface area contributed by atoms with E-state index >= 15 is 0 Å². The van der Waals surface area contributed by atoms with Gasteiger partial charge in [-0.2, -0.15) is 0 Å². The molecule has 5 rings (SSSR count). The van der Waals surface area contributed by atoms with E-state index in [4.69, 9.17) is 15.2 Å². The molecular formula is C84H144N6O9. The number of carbonyl (C=O) groups excluding carboxylic acids is 5. The monoisotopic (exact) mass is 1380 g/mol. The van der Waals surface area contributed by atoms with Crippen molar-refractivity contribution in [1.82, 2.24) is 32.2 Å². The summed E-state index contributed by atoms with van der Waals surface area (Å²) in [6.07, 6.45) is 8.04. The Hall–Kier alpha value is -7.20. The average molecular weight is 1380 g/mol. The van der Waals surface area contributed by atoms with E-state index in [1.54, 1.807) is 12.6 Å². The van der Waals surface area contributed by atoms with Gasteiger partial charge in [0, 0.05) is 62.8 Å². The number of aryl methyl sites for hydroxylation is 1. The number of nitrogens with one attached hydrogen (secondary N) is 6. The second kappa shape index (κ2) is 69.3. The third-order valence-electron chi connectivity index (χ3n) is 15.8. The number of hydrogen-bond donors (Lipinski definition) is 8. The van der Waals surface area contributed by atoms with Crippen LogP contribution in [0.2, 0.25) is 0 Å². The highest BCUT2D eigenvalue weighted by Gasteiger charge is 2.27. The smallest absolute Gasteiger partial charge is 0.306 e. The van der Waals surface area contributed by atoms with Crippen LogP contribution in [0.5, 0.6) is 0 Å². The van der Waals surface area contributed by atoms with Gasteiger partial charge in [0.15, 0.2) is 0 Å². The van der Waals surface area contributed by atoms with E-state index < -0.39 is 5.97 Å². The normalized spacial score (nSPS) is 13.0. The van der Waals surface area contributed by atoms with Crippen LogP contribution in [0.15, 0.2) is 152 Å². The van der Waals surface area contributed by atoms with E-state index in [0.29, 0.717) is 31.8 Å². The quantitative estimate of drug-likeness (QED) is 0.0196. The highest BCUT2D eigenvalue weighted by Crippen LogP contribution is 2.22. The van der Waals surface area contributed by atoms with E-state index in [9.17, 15) is 28.8 Å². The molecule has 0 aromatic heterocycles. The first-order chi connectivity index (χ1) is 46.9. The van der Waals surface area contributed by atoms with Crippen LogP contribution in [0, 0.1) is 47.3 Å². The molecular weight excluding hydrogens is 1240 g/mol. The Labute approximate surface area is 604 Å². The Morgan fingerprint density at radius 3 is 0.899 bits per heavy atom. The van der Waals surface area contributed by atoms with Gasteiger partial charge in [0.2, 0.25) is 29.5 Å². The van der Waals surface area contributed by atoms with Crippen molar-refractivity contribution in [2.75, 3.05) is 19.7 Å². The molecule has 0 aliphatic carbocycles. The van der Waals surface area contributed by atoms with E-state index in [1.807, 2.05) is 202 Å². The van der Waals surface area contributed by atoms with Crippen LogP contribution in [-0.4, -0.2) is 83.6 Å². The topological polar surface area (TPSA) is 224 Å². The molecule has 15 nitrogen and oxygen atoms in total. The van der Waals surface area contributed by atoms with Gasteiger partial charge in [0.1, 0.15) is 0 Å². The minimum Gasteiger partial charge on any atom is -0.481 e. The zero-order chi connectivity index (χ0) is 75.8. The van der Waals surface area contributed by atoms with Gasteiger partial charge < -0.3 is 31.7 Å². The van der Waals surface area contributed by atoms with Gasteiger partial charge in [0.25, 0.3) is 0 Å². The molecule has 564 valence electrons. The third-order valence-corrected chi connectivity index (χ3v) is 15.8. The molecule has 0 radical (unpaired) electrons. The largest absolute Gasteiger partial charge is 0.481 e. The highest BCUT2D eigenvalue weighted by molar-refractivity contribution is 5.80. The first kappa shape index (κ1) is 103. The molecule has 5 amide bonds. The first-order valence-corrected chi connectivity index (χ1v) is 36.8. The lowest BCUT2D eigenvalue weighted by Gasteiger charge is -2.25. The minimum absolute atomic E-state index is 0. The first-order valence-electron chi connectivity index (χ1n) is 36.8. The fraction of sp³-hybridized carbons (Fsp3) is 0.571. The Balaban J connectivity index is -0.000000271. The molecule has 15 heteroatoms. The number of hydrogen-bond acceptors (Lipinski definition) is 9. The van der Waals surface area contributed by atoms with Crippen LogP contribution in [-0.2, 0) is 65.7 Å². The molecule has 11 unspecified atom stereocenters. The molecule has 99 heavy (non-hydrogen) atoms. The fourth-order valence-electron chi connectivity index (χ4n) is 9.32. The summed E-state index contributed by atoms with van der Waals surface area (Å²) in [4.78, 5) is 74.3. The van der Waals surface area contributed by atoms with Crippen molar-refractivity contribution in [3.63, 3.8) is 0 Å². The van der Waals surface area contributed by atoms with Gasteiger partial charge in [-0.05, 0) is 124 Å². The van der Waals surface area contributed by atoms with Crippen LogP contribution >= 0.6 is 0 Å². The molecule has 0 spiro atoms. The second-order valence-corrected chi connectivity index (χ2v) is 23.7. The van der Waals surface area contributed by atoms with Crippen molar-refractivity contribution in [3.05, 3.63) is 179 Å². The molecule has 5 aromatic carbocycles. The van der Waals surface area contributed by atoms with Crippen LogP contribution in [0.3, 0.4) is 0 Å². The number of carboxylic acids is 1. The van der Waals surface area contributed by atoms with Crippen molar-refractivity contribution in [3.8, 4) is 0 Å². The maximum atomic E-state index is 12.5. The van der Waals surface area contributed by atoms with E-state index in [2.05, 4.69) is 122 Å². The Kier molecular flexibility index (Phi) is 72.0. The lowest BCUT2D eigenvalue weighted by atomic mass is 9.87. The number of aliphatic carboxylic acids is 1. The van der Waals surface area contributed by atoms with Gasteiger partial charge in [-0.1, -0.05) is 303 Å². The van der Waals surface area contributed by atoms with Crippen LogP contribution < -0.4 is 32.2 Å². The maximum absolute atomic E-state index is 12.5. The summed E-state index contributed by atoms with van der Waals surface area (Å²) in [5.74, 6) is -0.475. The Bertz CT molecular complexity index is 2640. The van der Waals surface area contributed by atoms with E-state index in [1.165, 1.54) is 36.1 Å². The van der Waals surface area contributed by atoms with Gasteiger partial charge in [-0.15, -0.1) is 0 Å². The standard InChI is InChI=1S/C18H29N3O4.C18H28N2O2.C17H27NO.C12H16O2.C8H10.5C2H6.CH4/c1-13(9-10-19-15(3)22)20-18(23)14(2)17(12-25-21-24)11-16-7-5-4-6-8-16;1-13(12-17-8-6-5-7-9-17)15(3)18(22)20-14(2)10-11-19-16(4)21;1-5-9-14(3)18-17(19)15(4)13(2)12-16-10-7-6-8-11-16;1-9(10(2)12(13)14)8-11-6-4-3-5-7-11;1-2-8-6-4-3-5-7-8;5*1-2;/h4-8,13-14,17,21,24H,9-12H2,1-3H3,(H,19,22)(H,20,23);5-9,13-15H,10-12H2,1-4H3,(H,19,21)(H,20,22);6-8,10-11,13-15H,5,9,12H2,1-4H3,(H,18,19);3-7,9-10H,8H2,1-2H3,(H,13,14);3-7H,2H2,1H3;5*1-2H3;1H4. The zero-order valence-corrected chi connectivity index (χ0v) is 65.5. The van der Waals surface area contributed by atoms with E-state index in [0.717, 1.165) is 50.5 Å². The molecule has 5 aromatic rings. The molecule has 0 saturated carbocycles. The lowest BCUT2D eigenvalue weighted by molar-refractivity contribution is -0.146. The minimum atomic E-state index is -0.714. The SMILES string of the molecule is C.CC.CC.CC.CC.CC.CC(=O)NCCC(C)NC(=O)C(C)C(C)Cc1ccccc1.CC(=O)NCCC(C)NC(=O)C(C)C(CONO)Cc1ccccc1.CC(Cc1ccccc1)C(C)C(=O)O.CCCC(C)NC(=O)C(C)C(C)Cc1ccccc1.CCc1ccccc1. The van der Waals surface area contributed by atoms with Crippen LogP contribution in [0.1, 0.15) is 227 Å². The summed E-state index contributed by atoms with van der Waals surface area (Å²) in [6.45, 7) is 48.4. The zero-order valence-electron chi connectivity index (χ0n) is 65.5. The van der Waals surface area contributed by atoms with Gasteiger partial charge in [-0.25, -0.2) is 0 Å². The maximum Gasteiger partial charge on any atom is 0.306 e. The number of benzene rings is 5. The summed E-state index contributed by atoms with van der Waals surface area (Å²) >= 11 is 0. The molecule has 11 atom stereocenters. The number of rotatable bonds is 31. The number of amides is 5. The Morgan fingerprint density at radius 2 is 0.646 bits per heavy atom. The summed E-state index contributed by atoms with van der Waals surface area (Å²) < 4.78 is 0. The molecule has 0 aliphatic heterocycles. The predicted octanol–water partition coefficient (Wildman–Crippen LogP) is 18.4. The molecule has 0 heterocycles. The molecule has 0 bridgehead atoms. The summed E-state index contributed by atoms with van der Waals surface area (Å²) in [7, 11) is 0. The van der Waals surface area contributed by atoms with Crippen LogP contribution in [0.4, 0.5) is 0 Å². The summed E-state index contributed by atoms with van der Waals surface area (Å²) in [5, 5.41) is 32.1. The van der Waals surface area contributed by atoms with Crippen molar-refractivity contribution >= 4 is 35.5 Å². The summed E-state index contributed by atoms with van der Waals surface area (Å²) in [6, 6.07) is 51.2. The van der Waals surface area contributed by atoms with Gasteiger partial charge >= 0.3 is 5.97 Å². The van der Waals surface area contributed by atoms with Crippen molar-refractivity contribution < 1.29 is 43.9 Å². The summed E-state index contributed by atoms with van der Waals surface area (Å²) in [5.41, 5.74) is 7.96. The van der Waals surface area contributed by atoms with Crippen molar-refractivity contribution in [1.29, 1.82) is 0 Å². The average Bonchev–Trinajstić information content (AvgIpc) is 0.919. The van der Waals surface area contributed by atoms with E-state index in [-0.39, 0.29) is 103 Å². The molecule has 0 saturated heterocycles. The molecule has 0 aliphatic rings. The highest BCUT2D eigenvalue weighted by atomic mass is 16.8. The Morgan fingerprint density at radius 1 is 0.384 bits per heavy atom.